The molecular weight excluding hydrogens is 546 g/mol. The van der Waals surface area contributed by atoms with Crippen LogP contribution in [0.15, 0.2) is 0 Å². The van der Waals surface area contributed by atoms with Crippen LogP contribution in [0.3, 0.4) is 0 Å². The molecule has 6 fully saturated rings. The predicted octanol–water partition coefficient (Wildman–Crippen LogP) is 5.98. The highest BCUT2D eigenvalue weighted by atomic mass is 16.6. The van der Waals surface area contributed by atoms with Gasteiger partial charge in [-0.3, -0.25) is 4.79 Å². The molecule has 6 aliphatic rings. The molecule has 8 heteroatoms. The summed E-state index contributed by atoms with van der Waals surface area (Å²) in [6.45, 7) is 14.3. The van der Waals surface area contributed by atoms with Crippen molar-refractivity contribution in [3.8, 4) is 0 Å². The molecule has 1 spiro atoms. The molecule has 8 nitrogen and oxygen atoms in total. The van der Waals surface area contributed by atoms with E-state index in [-0.39, 0.29) is 52.0 Å². The van der Waals surface area contributed by atoms with E-state index in [0.29, 0.717) is 62.8 Å². The Labute approximate surface area is 258 Å². The highest BCUT2D eigenvalue weighted by Crippen LogP contribution is 2.76. The van der Waals surface area contributed by atoms with Gasteiger partial charge in [0.2, 0.25) is 0 Å². The van der Waals surface area contributed by atoms with Gasteiger partial charge in [0.1, 0.15) is 6.10 Å². The Bertz CT molecular complexity index is 1060. The predicted molar refractivity (Wildman–Crippen MR) is 162 cm³/mol. The Hall–Kier alpha value is -1.38. The van der Waals surface area contributed by atoms with Gasteiger partial charge in [0, 0.05) is 30.3 Å². The molecule has 0 aromatic heterocycles. The van der Waals surface area contributed by atoms with Crippen molar-refractivity contribution in [1.29, 1.82) is 0 Å². The molecule has 2 aliphatic heterocycles. The summed E-state index contributed by atoms with van der Waals surface area (Å²) in [5.74, 6) is 1.50. The van der Waals surface area contributed by atoms with E-state index < -0.39 is 6.10 Å². The smallest absolute Gasteiger partial charge is 0.410 e. The van der Waals surface area contributed by atoms with Crippen LogP contribution in [-0.4, -0.2) is 79.9 Å². The fraction of sp³-hybridized carbons (Fsp3) is 0.943. The Morgan fingerprint density at radius 2 is 1.77 bits per heavy atom. The van der Waals surface area contributed by atoms with Crippen LogP contribution in [0.2, 0.25) is 0 Å². The number of rotatable bonds is 4. The van der Waals surface area contributed by atoms with Gasteiger partial charge in [-0.05, 0) is 98.7 Å². The highest BCUT2D eigenvalue weighted by molar-refractivity contribution is 5.69. The maximum absolute atomic E-state index is 13.1. The Kier molecular flexibility index (Phi) is 8.41. The number of carbonyl (C=O) groups is 2. The molecular formula is C35H57NO7. The van der Waals surface area contributed by atoms with Crippen LogP contribution in [0.4, 0.5) is 4.79 Å². The summed E-state index contributed by atoms with van der Waals surface area (Å²) < 4.78 is 23.4. The van der Waals surface area contributed by atoms with Gasteiger partial charge in [0.25, 0.3) is 0 Å². The molecule has 0 radical (unpaired) electrons. The maximum Gasteiger partial charge on any atom is 0.410 e. The number of aliphatic hydroxyl groups excluding tert-OH is 1. The molecule has 1 amide bonds. The molecule has 244 valence electrons. The van der Waals surface area contributed by atoms with Gasteiger partial charge >= 0.3 is 12.1 Å². The number of hydrogen-bond acceptors (Lipinski definition) is 7. The second-order valence-electron chi connectivity index (χ2n) is 16.3. The summed E-state index contributed by atoms with van der Waals surface area (Å²) >= 11 is 0. The fourth-order valence-corrected chi connectivity index (χ4v) is 11.7. The number of amides is 1. The first-order valence-corrected chi connectivity index (χ1v) is 17.3. The number of ether oxygens (including phenoxy) is 4. The van der Waals surface area contributed by atoms with Crippen molar-refractivity contribution in [2.75, 3.05) is 33.4 Å². The van der Waals surface area contributed by atoms with Crippen LogP contribution < -0.4 is 0 Å². The van der Waals surface area contributed by atoms with Crippen molar-refractivity contribution < 1.29 is 33.6 Å². The lowest BCUT2D eigenvalue weighted by atomic mass is 9.39. The summed E-state index contributed by atoms with van der Waals surface area (Å²) in [4.78, 5) is 26.8. The lowest BCUT2D eigenvalue weighted by molar-refractivity contribution is -0.197. The number of methoxy groups -OCH3 is 1. The topological polar surface area (TPSA) is 94.5 Å². The quantitative estimate of drug-likeness (QED) is 0.395. The summed E-state index contributed by atoms with van der Waals surface area (Å²) in [6, 6.07) is 0. The van der Waals surface area contributed by atoms with E-state index in [9.17, 15) is 14.7 Å². The van der Waals surface area contributed by atoms with E-state index in [1.807, 2.05) is 4.90 Å². The molecule has 2 heterocycles. The number of fused-ring (bicyclic) bond motifs is 5. The summed E-state index contributed by atoms with van der Waals surface area (Å²) in [5, 5.41) is 12.3. The minimum atomic E-state index is -0.509. The molecule has 2 bridgehead atoms. The lowest BCUT2D eigenvalue weighted by Gasteiger charge is -2.66. The third-order valence-electron chi connectivity index (χ3n) is 14.3. The zero-order valence-electron chi connectivity index (χ0n) is 27.6. The SMILES string of the molecule is COC(=O)CCC1CC(C)C2C(O1)C(O)C1(C)C3CCC4CC3(CCCC(OC(=O)N3CCOCC3)C4(C)C)CCC21C. The summed E-state index contributed by atoms with van der Waals surface area (Å²) in [5.41, 5.74) is -0.104. The van der Waals surface area contributed by atoms with Gasteiger partial charge in [0.05, 0.1) is 38.6 Å². The van der Waals surface area contributed by atoms with Crippen LogP contribution in [0, 0.1) is 45.3 Å². The number of esters is 1. The van der Waals surface area contributed by atoms with E-state index in [4.69, 9.17) is 18.9 Å². The Morgan fingerprint density at radius 3 is 2.49 bits per heavy atom. The van der Waals surface area contributed by atoms with Crippen LogP contribution >= 0.6 is 0 Å². The van der Waals surface area contributed by atoms with Gasteiger partial charge in [0.15, 0.2) is 0 Å². The molecule has 2 saturated heterocycles. The van der Waals surface area contributed by atoms with Crippen molar-refractivity contribution in [1.82, 2.24) is 4.90 Å². The first-order chi connectivity index (χ1) is 20.4. The van der Waals surface area contributed by atoms with Crippen molar-refractivity contribution in [2.45, 2.75) is 130 Å². The van der Waals surface area contributed by atoms with Crippen LogP contribution in [0.25, 0.3) is 0 Å². The summed E-state index contributed by atoms with van der Waals surface area (Å²) in [6.07, 6.45) is 9.80. The van der Waals surface area contributed by atoms with Crippen molar-refractivity contribution in [2.24, 2.45) is 45.3 Å². The highest BCUT2D eigenvalue weighted by Gasteiger charge is 2.74. The largest absolute Gasteiger partial charge is 0.469 e. The molecule has 0 aromatic carbocycles. The van der Waals surface area contributed by atoms with Crippen LogP contribution in [0.5, 0.6) is 0 Å². The number of hydrogen-bond donors (Lipinski definition) is 1. The molecule has 43 heavy (non-hydrogen) atoms. The standard InChI is InChI=1S/C35H57NO7/c1-22-20-24(10-12-27(37)40-6)42-29-28(22)33(4)14-15-35-13-7-8-26(43-31(39)36-16-18-41-19-17-36)32(2,3)23(21-35)9-11-25(35)34(33,5)30(29)38/h22-26,28-30,38H,7-21H2,1-6H3. The van der Waals surface area contributed by atoms with Crippen molar-refractivity contribution in [3.05, 3.63) is 0 Å². The monoisotopic (exact) mass is 603 g/mol. The molecule has 11 atom stereocenters. The van der Waals surface area contributed by atoms with Crippen LogP contribution in [0.1, 0.15) is 105 Å². The normalized spacial score (nSPS) is 47.3. The van der Waals surface area contributed by atoms with Gasteiger partial charge in [-0.25, -0.2) is 4.79 Å². The zero-order chi connectivity index (χ0) is 30.8. The molecule has 1 N–H and O–H groups in total. The van der Waals surface area contributed by atoms with Gasteiger partial charge in [-0.15, -0.1) is 0 Å². The Morgan fingerprint density at radius 1 is 1.02 bits per heavy atom. The summed E-state index contributed by atoms with van der Waals surface area (Å²) in [7, 11) is 1.44. The first-order valence-electron chi connectivity index (χ1n) is 17.3. The van der Waals surface area contributed by atoms with E-state index in [1.54, 1.807) is 0 Å². The second kappa shape index (κ2) is 11.5. The second-order valence-corrected chi connectivity index (χ2v) is 16.3. The third kappa shape index (κ3) is 4.95. The van der Waals surface area contributed by atoms with E-state index in [1.165, 1.54) is 13.5 Å². The maximum atomic E-state index is 13.1. The molecule has 11 unspecified atom stereocenters. The van der Waals surface area contributed by atoms with Crippen molar-refractivity contribution in [3.63, 3.8) is 0 Å². The number of nitrogens with zero attached hydrogens (tertiary/aromatic N) is 1. The molecule has 0 aromatic rings. The number of aliphatic hydroxyl groups is 1. The number of carbonyl (C=O) groups excluding carboxylic acids is 2. The number of morpholine rings is 1. The van der Waals surface area contributed by atoms with Crippen LogP contribution in [-0.2, 0) is 23.7 Å². The van der Waals surface area contributed by atoms with Crippen molar-refractivity contribution >= 4 is 12.1 Å². The molecule has 6 rings (SSSR count). The van der Waals surface area contributed by atoms with Gasteiger partial charge in [-0.1, -0.05) is 34.6 Å². The molecule has 4 saturated carbocycles. The van der Waals surface area contributed by atoms with E-state index in [2.05, 4.69) is 34.6 Å². The minimum absolute atomic E-state index is 0.0126. The first kappa shape index (κ1) is 31.6. The zero-order valence-corrected chi connectivity index (χ0v) is 27.6. The van der Waals surface area contributed by atoms with E-state index >= 15 is 0 Å². The Balaban J connectivity index is 1.22. The fourth-order valence-electron chi connectivity index (χ4n) is 11.7. The minimum Gasteiger partial charge on any atom is -0.469 e. The van der Waals surface area contributed by atoms with Gasteiger partial charge < -0.3 is 29.0 Å². The average molecular weight is 604 g/mol. The lowest BCUT2D eigenvalue weighted by Crippen LogP contribution is -2.61. The average Bonchev–Trinajstić information content (AvgIpc) is 3.17. The van der Waals surface area contributed by atoms with Gasteiger partial charge in [-0.2, -0.15) is 0 Å². The third-order valence-corrected chi connectivity index (χ3v) is 14.3. The molecule has 4 aliphatic carbocycles. The van der Waals surface area contributed by atoms with E-state index in [0.717, 1.165) is 51.4 Å².